The second-order valence-corrected chi connectivity index (χ2v) is 6.14. The Morgan fingerprint density at radius 3 is 1.93 bits per heavy atom. The molecule has 0 aromatic carbocycles. The standard InChI is InChI=1S/C11H20F2N2/c1-9(2,3)15-6-10(7-15)5-11(12,13)8-14(10)4/h5-8H2,1-4H3. The highest BCUT2D eigenvalue weighted by atomic mass is 19.3. The number of hydrogen-bond acceptors (Lipinski definition) is 2. The Labute approximate surface area is 90.2 Å². The van der Waals surface area contributed by atoms with Gasteiger partial charge in [-0.15, -0.1) is 0 Å². The molecule has 0 radical (unpaired) electrons. The first-order valence-corrected chi connectivity index (χ1v) is 5.49. The van der Waals surface area contributed by atoms with Gasteiger partial charge in [-0.05, 0) is 27.8 Å². The van der Waals surface area contributed by atoms with Crippen LogP contribution in [0.2, 0.25) is 0 Å². The van der Waals surface area contributed by atoms with E-state index in [1.165, 1.54) is 0 Å². The topological polar surface area (TPSA) is 6.48 Å². The van der Waals surface area contributed by atoms with E-state index in [0.717, 1.165) is 13.1 Å². The average Bonchev–Trinajstić information content (AvgIpc) is 2.14. The number of hydrogen-bond donors (Lipinski definition) is 0. The van der Waals surface area contributed by atoms with Crippen molar-refractivity contribution in [2.24, 2.45) is 0 Å². The molecule has 0 amide bonds. The van der Waals surface area contributed by atoms with Crippen LogP contribution in [0.4, 0.5) is 8.78 Å². The minimum atomic E-state index is -2.49. The summed E-state index contributed by atoms with van der Waals surface area (Å²) < 4.78 is 26.5. The Kier molecular flexibility index (Phi) is 2.19. The summed E-state index contributed by atoms with van der Waals surface area (Å²) in [6.07, 6.45) is 0.0308. The van der Waals surface area contributed by atoms with Crippen LogP contribution in [0.1, 0.15) is 27.2 Å². The highest BCUT2D eigenvalue weighted by Crippen LogP contribution is 2.45. The van der Waals surface area contributed by atoms with Gasteiger partial charge in [0, 0.05) is 25.0 Å². The molecule has 2 saturated heterocycles. The fourth-order valence-corrected chi connectivity index (χ4v) is 2.68. The van der Waals surface area contributed by atoms with Crippen LogP contribution in [0.15, 0.2) is 0 Å². The van der Waals surface area contributed by atoms with E-state index < -0.39 is 5.92 Å². The van der Waals surface area contributed by atoms with Gasteiger partial charge in [-0.2, -0.15) is 0 Å². The second kappa shape index (κ2) is 2.92. The third-order valence-electron chi connectivity index (χ3n) is 3.78. The molecule has 88 valence electrons. The van der Waals surface area contributed by atoms with Gasteiger partial charge in [0.05, 0.1) is 12.1 Å². The van der Waals surface area contributed by atoms with Crippen molar-refractivity contribution in [3.05, 3.63) is 0 Å². The molecule has 4 heteroatoms. The smallest absolute Gasteiger partial charge is 0.262 e. The number of alkyl halides is 2. The number of halogens is 2. The maximum atomic E-state index is 13.3. The summed E-state index contributed by atoms with van der Waals surface area (Å²) in [6.45, 7) is 7.88. The van der Waals surface area contributed by atoms with Crippen LogP contribution in [0.25, 0.3) is 0 Å². The summed E-state index contributed by atoms with van der Waals surface area (Å²) in [6, 6.07) is 0. The molecule has 0 N–H and O–H groups in total. The van der Waals surface area contributed by atoms with Crippen molar-refractivity contribution in [3.63, 3.8) is 0 Å². The zero-order chi connectivity index (χ0) is 11.5. The first-order chi connectivity index (χ1) is 6.65. The largest absolute Gasteiger partial charge is 0.295 e. The Balaban J connectivity index is 2.03. The normalized spacial score (nSPS) is 30.8. The average molecular weight is 218 g/mol. The highest BCUT2D eigenvalue weighted by Gasteiger charge is 2.59. The molecule has 2 rings (SSSR count). The molecule has 0 bridgehead atoms. The molecule has 0 aromatic heterocycles. The van der Waals surface area contributed by atoms with Gasteiger partial charge in [0.15, 0.2) is 0 Å². The Hall–Kier alpha value is -0.220. The lowest BCUT2D eigenvalue weighted by molar-refractivity contribution is -0.0713. The summed E-state index contributed by atoms with van der Waals surface area (Å²) >= 11 is 0. The summed E-state index contributed by atoms with van der Waals surface area (Å²) in [5.41, 5.74) is -0.152. The summed E-state index contributed by atoms with van der Waals surface area (Å²) in [4.78, 5) is 4.11. The van der Waals surface area contributed by atoms with Gasteiger partial charge in [0.2, 0.25) is 0 Å². The lowest BCUT2D eigenvalue weighted by atomic mass is 9.82. The van der Waals surface area contributed by atoms with Gasteiger partial charge in [-0.25, -0.2) is 8.78 Å². The van der Waals surface area contributed by atoms with Crippen LogP contribution in [-0.2, 0) is 0 Å². The molecule has 0 aliphatic carbocycles. The zero-order valence-electron chi connectivity index (χ0n) is 9.98. The fourth-order valence-electron chi connectivity index (χ4n) is 2.68. The molecule has 15 heavy (non-hydrogen) atoms. The van der Waals surface area contributed by atoms with Gasteiger partial charge in [-0.3, -0.25) is 9.80 Å². The molecule has 2 aliphatic heterocycles. The molecular weight excluding hydrogens is 198 g/mol. The third-order valence-corrected chi connectivity index (χ3v) is 3.78. The highest BCUT2D eigenvalue weighted by molar-refractivity contribution is 5.13. The third kappa shape index (κ3) is 1.78. The van der Waals surface area contributed by atoms with Crippen LogP contribution >= 0.6 is 0 Å². The molecule has 0 unspecified atom stereocenters. The maximum absolute atomic E-state index is 13.3. The lowest BCUT2D eigenvalue weighted by Gasteiger charge is -2.56. The molecule has 0 atom stereocenters. The fraction of sp³-hybridized carbons (Fsp3) is 1.00. The number of rotatable bonds is 0. The summed E-state index contributed by atoms with van der Waals surface area (Å²) in [5.74, 6) is -2.49. The van der Waals surface area contributed by atoms with Crippen molar-refractivity contribution in [1.82, 2.24) is 9.80 Å². The van der Waals surface area contributed by atoms with E-state index in [2.05, 4.69) is 25.7 Å². The van der Waals surface area contributed by atoms with Gasteiger partial charge in [0.1, 0.15) is 0 Å². The van der Waals surface area contributed by atoms with Crippen molar-refractivity contribution in [3.8, 4) is 0 Å². The first kappa shape index (κ1) is 11.3. The second-order valence-electron chi connectivity index (χ2n) is 6.14. The van der Waals surface area contributed by atoms with E-state index in [9.17, 15) is 8.78 Å². The molecular formula is C11H20F2N2. The van der Waals surface area contributed by atoms with E-state index in [-0.39, 0.29) is 24.0 Å². The number of likely N-dealkylation sites (tertiary alicyclic amines) is 2. The van der Waals surface area contributed by atoms with Crippen LogP contribution in [0.3, 0.4) is 0 Å². The molecule has 1 spiro atoms. The molecule has 2 heterocycles. The summed E-state index contributed by atoms with van der Waals surface area (Å²) in [7, 11) is 1.82. The van der Waals surface area contributed by atoms with Crippen molar-refractivity contribution in [1.29, 1.82) is 0 Å². The van der Waals surface area contributed by atoms with Crippen molar-refractivity contribution in [2.75, 3.05) is 26.7 Å². The van der Waals surface area contributed by atoms with Crippen LogP contribution < -0.4 is 0 Å². The SMILES string of the molecule is CN1CC(F)(F)CC12CN(C(C)(C)C)C2. The van der Waals surface area contributed by atoms with E-state index >= 15 is 0 Å². The minimum Gasteiger partial charge on any atom is -0.295 e. The van der Waals surface area contributed by atoms with Crippen LogP contribution in [0.5, 0.6) is 0 Å². The molecule has 0 aromatic rings. The Morgan fingerprint density at radius 2 is 1.60 bits per heavy atom. The predicted molar refractivity (Wildman–Crippen MR) is 56.3 cm³/mol. The van der Waals surface area contributed by atoms with E-state index in [1.807, 2.05) is 11.9 Å². The molecule has 2 aliphatic rings. The van der Waals surface area contributed by atoms with Gasteiger partial charge >= 0.3 is 0 Å². The first-order valence-electron chi connectivity index (χ1n) is 5.49. The van der Waals surface area contributed by atoms with Crippen LogP contribution in [-0.4, -0.2) is 53.5 Å². The van der Waals surface area contributed by atoms with Gasteiger partial charge in [-0.1, -0.05) is 0 Å². The predicted octanol–water partition coefficient (Wildman–Crippen LogP) is 1.81. The van der Waals surface area contributed by atoms with E-state index in [1.54, 1.807) is 0 Å². The van der Waals surface area contributed by atoms with Crippen molar-refractivity contribution in [2.45, 2.75) is 44.2 Å². The lowest BCUT2D eigenvalue weighted by Crippen LogP contribution is -2.70. The minimum absolute atomic E-state index is 0.0308. The summed E-state index contributed by atoms with van der Waals surface area (Å²) in [5, 5.41) is 0. The Bertz CT molecular complexity index is 264. The van der Waals surface area contributed by atoms with Gasteiger partial charge in [0.25, 0.3) is 5.92 Å². The van der Waals surface area contributed by atoms with E-state index in [4.69, 9.17) is 0 Å². The molecule has 2 nitrogen and oxygen atoms in total. The van der Waals surface area contributed by atoms with Gasteiger partial charge < -0.3 is 0 Å². The number of likely N-dealkylation sites (N-methyl/N-ethyl adjacent to an activating group) is 1. The quantitative estimate of drug-likeness (QED) is 0.612. The van der Waals surface area contributed by atoms with Crippen molar-refractivity contribution >= 4 is 0 Å². The monoisotopic (exact) mass is 218 g/mol. The van der Waals surface area contributed by atoms with E-state index in [0.29, 0.717) is 0 Å². The number of nitrogens with zero attached hydrogens (tertiary/aromatic N) is 2. The molecule has 2 fully saturated rings. The van der Waals surface area contributed by atoms with Crippen LogP contribution in [0, 0.1) is 0 Å². The maximum Gasteiger partial charge on any atom is 0.262 e. The molecule has 0 saturated carbocycles. The Morgan fingerprint density at radius 1 is 1.07 bits per heavy atom. The zero-order valence-corrected chi connectivity index (χ0v) is 9.98. The van der Waals surface area contributed by atoms with Crippen molar-refractivity contribution < 1.29 is 8.78 Å².